The largest absolute Gasteiger partial charge is 2.00 e. The van der Waals surface area contributed by atoms with Crippen molar-refractivity contribution in [1.29, 1.82) is 0 Å². The first kappa shape index (κ1) is 32.5. The Morgan fingerprint density at radius 3 is 2.40 bits per heavy atom. The second kappa shape index (κ2) is 14.1. The number of unbranched alkanes of at least 4 members (excludes halogenated alkanes) is 2. The van der Waals surface area contributed by atoms with Gasteiger partial charge in [0.05, 0.1) is 5.69 Å². The molecule has 0 N–H and O–H groups in total. The molecule has 4 aromatic carbocycles. The standard InChI is InChI=1S/C41H38N4O.Pt/c1-5-7-9-13-31-18-21-38-37(24-31)36-20-19-35(27-39(36)44(38)40-25-30(6-2)22-23-42-40)46-34-17-12-16-33(26-34)45-29(4)41(28(3)43-45)32-14-10-8-11-15-32;/h8,10-12,14-25H,5-7,9,13H2,1-4H3;/q-2;+2. The van der Waals surface area contributed by atoms with Gasteiger partial charge in [-0.3, -0.25) is 4.68 Å². The molecule has 0 bridgehead atoms. The third-order valence-corrected chi connectivity index (χ3v) is 8.78. The van der Waals surface area contributed by atoms with Crippen LogP contribution in [0.1, 0.15) is 55.6 Å². The zero-order chi connectivity index (χ0) is 31.6. The molecule has 0 fully saturated rings. The molecule has 0 amide bonds. The van der Waals surface area contributed by atoms with Crippen LogP contribution < -0.4 is 4.74 Å². The Balaban J connectivity index is 0.00000386. The molecule has 3 aromatic heterocycles. The number of aryl methyl sites for hydroxylation is 3. The summed E-state index contributed by atoms with van der Waals surface area (Å²) in [6, 6.07) is 38.6. The van der Waals surface area contributed by atoms with Gasteiger partial charge in [-0.1, -0.05) is 74.7 Å². The van der Waals surface area contributed by atoms with Crippen molar-refractivity contribution in [3.63, 3.8) is 0 Å². The molecule has 0 radical (unpaired) electrons. The van der Waals surface area contributed by atoms with Crippen LogP contribution in [0.3, 0.4) is 0 Å². The second-order valence-electron chi connectivity index (χ2n) is 11.9. The van der Waals surface area contributed by atoms with Gasteiger partial charge in [-0.05, 0) is 79.1 Å². The minimum Gasteiger partial charge on any atom is -0.509 e. The van der Waals surface area contributed by atoms with Crippen LogP contribution in [-0.4, -0.2) is 19.3 Å². The van der Waals surface area contributed by atoms with E-state index in [9.17, 15) is 0 Å². The Morgan fingerprint density at radius 1 is 0.766 bits per heavy atom. The summed E-state index contributed by atoms with van der Waals surface area (Å²) in [6.45, 7) is 8.57. The van der Waals surface area contributed by atoms with Crippen molar-refractivity contribution in [3.8, 4) is 34.1 Å². The summed E-state index contributed by atoms with van der Waals surface area (Å²) < 4.78 is 10.6. The molecule has 3 heterocycles. The summed E-state index contributed by atoms with van der Waals surface area (Å²) in [7, 11) is 0. The van der Waals surface area contributed by atoms with Crippen molar-refractivity contribution in [2.45, 2.75) is 59.8 Å². The van der Waals surface area contributed by atoms with Gasteiger partial charge in [0, 0.05) is 34.5 Å². The number of hydrogen-bond acceptors (Lipinski definition) is 3. The fourth-order valence-corrected chi connectivity index (χ4v) is 6.44. The number of aromatic nitrogens is 4. The number of fused-ring (bicyclic) bond motifs is 3. The van der Waals surface area contributed by atoms with Gasteiger partial charge in [-0.15, -0.1) is 35.7 Å². The van der Waals surface area contributed by atoms with Crippen molar-refractivity contribution < 1.29 is 25.8 Å². The second-order valence-corrected chi connectivity index (χ2v) is 11.9. The Morgan fingerprint density at radius 2 is 1.60 bits per heavy atom. The average molecular weight is 798 g/mol. The minimum absolute atomic E-state index is 0. The van der Waals surface area contributed by atoms with Crippen molar-refractivity contribution in [2.75, 3.05) is 0 Å². The van der Waals surface area contributed by atoms with Crippen LogP contribution in [0.5, 0.6) is 11.5 Å². The zero-order valence-electron chi connectivity index (χ0n) is 27.3. The molecule has 0 spiro atoms. The molecular formula is C41H38N4OPt. The predicted molar refractivity (Wildman–Crippen MR) is 187 cm³/mol. The third-order valence-electron chi connectivity index (χ3n) is 8.78. The molecule has 0 unspecified atom stereocenters. The van der Waals surface area contributed by atoms with E-state index in [0.29, 0.717) is 11.5 Å². The fourth-order valence-electron chi connectivity index (χ4n) is 6.44. The maximum atomic E-state index is 6.45. The van der Waals surface area contributed by atoms with Crippen LogP contribution in [0.15, 0.2) is 97.2 Å². The molecule has 5 nitrogen and oxygen atoms in total. The van der Waals surface area contributed by atoms with Crippen LogP contribution >= 0.6 is 0 Å². The molecule has 0 aliphatic carbocycles. The number of hydrogen-bond donors (Lipinski definition) is 0. The third kappa shape index (κ3) is 6.42. The van der Waals surface area contributed by atoms with Crippen LogP contribution in [0, 0.1) is 26.0 Å². The molecule has 6 heteroatoms. The van der Waals surface area contributed by atoms with E-state index in [1.54, 1.807) is 0 Å². The number of pyridine rings is 1. The maximum Gasteiger partial charge on any atom is 2.00 e. The topological polar surface area (TPSA) is 44.9 Å². The van der Waals surface area contributed by atoms with Gasteiger partial charge >= 0.3 is 21.1 Å². The van der Waals surface area contributed by atoms with E-state index in [0.717, 1.165) is 63.3 Å². The molecule has 7 rings (SSSR count). The summed E-state index contributed by atoms with van der Waals surface area (Å²) in [5.74, 6) is 2.12. The summed E-state index contributed by atoms with van der Waals surface area (Å²) in [5.41, 5.74) is 9.83. The molecule has 0 saturated carbocycles. The molecular weight excluding hydrogens is 760 g/mol. The monoisotopic (exact) mass is 797 g/mol. The molecule has 0 atom stereocenters. The summed E-state index contributed by atoms with van der Waals surface area (Å²) in [6.07, 6.45) is 7.59. The van der Waals surface area contributed by atoms with Gasteiger partial charge in [0.25, 0.3) is 0 Å². The fraction of sp³-hybridized carbons (Fsp3) is 0.220. The van der Waals surface area contributed by atoms with Gasteiger partial charge in [-0.25, -0.2) is 4.98 Å². The molecule has 0 aliphatic rings. The van der Waals surface area contributed by atoms with Gasteiger partial charge < -0.3 is 9.30 Å². The van der Waals surface area contributed by atoms with E-state index in [-0.39, 0.29) is 21.1 Å². The molecule has 0 aliphatic heterocycles. The van der Waals surface area contributed by atoms with Crippen LogP contribution in [0.4, 0.5) is 0 Å². The minimum atomic E-state index is 0. The van der Waals surface area contributed by atoms with E-state index in [1.165, 1.54) is 35.8 Å². The van der Waals surface area contributed by atoms with Gasteiger partial charge in [0.15, 0.2) is 0 Å². The summed E-state index contributed by atoms with van der Waals surface area (Å²) in [4.78, 5) is 4.80. The maximum absolute atomic E-state index is 6.45. The Bertz CT molecular complexity index is 2160. The van der Waals surface area contributed by atoms with E-state index in [2.05, 4.69) is 105 Å². The predicted octanol–water partition coefficient (Wildman–Crippen LogP) is 10.3. The van der Waals surface area contributed by atoms with Crippen molar-refractivity contribution in [1.82, 2.24) is 19.3 Å². The number of rotatable bonds is 10. The SMILES string of the molecule is CCCCCc1ccc2c(c1)c1ccc(Oc3[c-]c(-n4nc(C)c(-c5ccccc5)c4C)ccc3)[c-]c1n2-c1cc(CC)ccn1.[Pt+2]. The van der Waals surface area contributed by atoms with Gasteiger partial charge in [-0.2, -0.15) is 17.2 Å². The van der Waals surface area contributed by atoms with Crippen LogP contribution in [0.25, 0.3) is 44.4 Å². The Kier molecular flexibility index (Phi) is 9.75. The molecule has 0 saturated heterocycles. The van der Waals surface area contributed by atoms with E-state index < -0.39 is 0 Å². The van der Waals surface area contributed by atoms with Crippen molar-refractivity contribution >= 4 is 21.8 Å². The number of benzene rings is 4. The zero-order valence-corrected chi connectivity index (χ0v) is 29.6. The summed E-state index contributed by atoms with van der Waals surface area (Å²) >= 11 is 0. The molecule has 47 heavy (non-hydrogen) atoms. The van der Waals surface area contributed by atoms with Crippen LogP contribution in [-0.2, 0) is 33.9 Å². The van der Waals surface area contributed by atoms with Crippen molar-refractivity contribution in [2.24, 2.45) is 0 Å². The van der Waals surface area contributed by atoms with Crippen LogP contribution in [0.2, 0.25) is 0 Å². The normalized spacial score (nSPS) is 11.2. The quantitative estimate of drug-likeness (QED) is 0.102. The molecule has 238 valence electrons. The first-order valence-corrected chi connectivity index (χ1v) is 16.3. The van der Waals surface area contributed by atoms with Gasteiger partial charge in [0.2, 0.25) is 0 Å². The Hall–Kier alpha value is -4.47. The first-order valence-electron chi connectivity index (χ1n) is 16.3. The first-order chi connectivity index (χ1) is 22.5. The number of ether oxygens (including phenoxy) is 1. The van der Waals surface area contributed by atoms with E-state index in [1.807, 2.05) is 41.2 Å². The van der Waals surface area contributed by atoms with Crippen molar-refractivity contribution in [3.05, 3.63) is 132 Å². The van der Waals surface area contributed by atoms with E-state index >= 15 is 0 Å². The smallest absolute Gasteiger partial charge is 0.509 e. The summed E-state index contributed by atoms with van der Waals surface area (Å²) in [5, 5.41) is 7.22. The van der Waals surface area contributed by atoms with E-state index in [4.69, 9.17) is 14.8 Å². The Labute approximate surface area is 291 Å². The average Bonchev–Trinajstić information content (AvgIpc) is 3.57. The molecule has 7 aromatic rings. The number of nitrogens with zero attached hydrogens (tertiary/aromatic N) is 4. The van der Waals surface area contributed by atoms with Gasteiger partial charge in [0.1, 0.15) is 5.82 Å².